The summed E-state index contributed by atoms with van der Waals surface area (Å²) in [7, 11) is 0. The predicted octanol–water partition coefficient (Wildman–Crippen LogP) is 3.73. The molecule has 1 heterocycles. The van der Waals surface area contributed by atoms with Crippen LogP contribution in [0.4, 0.5) is 13.2 Å². The van der Waals surface area contributed by atoms with Crippen LogP contribution in [-0.2, 0) is 12.5 Å². The van der Waals surface area contributed by atoms with Crippen molar-refractivity contribution in [1.82, 2.24) is 14.8 Å². The van der Waals surface area contributed by atoms with Gasteiger partial charge in [-0.3, -0.25) is 4.68 Å². The third-order valence-electron chi connectivity index (χ3n) is 3.77. The second-order valence-corrected chi connectivity index (χ2v) is 5.54. The number of nitriles is 1. The van der Waals surface area contributed by atoms with Gasteiger partial charge in [-0.25, -0.2) is 18.2 Å². The second kappa shape index (κ2) is 8.51. The smallest absolute Gasteiger partial charge is 0.276 e. The lowest BCUT2D eigenvalue weighted by Gasteiger charge is -2.22. The van der Waals surface area contributed by atoms with Crippen molar-refractivity contribution in [1.29, 1.82) is 5.26 Å². The number of hydrogen-bond donors (Lipinski definition) is 0. The predicted molar refractivity (Wildman–Crippen MR) is 84.8 cm³/mol. The Kier molecular flexibility index (Phi) is 6.39. The van der Waals surface area contributed by atoms with Crippen LogP contribution in [0.25, 0.3) is 0 Å². The van der Waals surface area contributed by atoms with Gasteiger partial charge in [0.15, 0.2) is 0 Å². The molecule has 2 aromatic rings. The SMILES string of the molecule is CCOc1ccccc1C(F)(F)CCC(F)C(C#N)Cn1cncn1. The molecular weight excluding hydrogens is 333 g/mol. The first-order valence-corrected chi connectivity index (χ1v) is 7.94. The number of benzene rings is 1. The van der Waals surface area contributed by atoms with Gasteiger partial charge < -0.3 is 4.74 Å². The van der Waals surface area contributed by atoms with E-state index >= 15 is 0 Å². The van der Waals surface area contributed by atoms with Crippen LogP contribution in [0.1, 0.15) is 25.3 Å². The fourth-order valence-corrected chi connectivity index (χ4v) is 2.47. The van der Waals surface area contributed by atoms with E-state index in [0.29, 0.717) is 0 Å². The monoisotopic (exact) mass is 352 g/mol. The standard InChI is InChI=1S/C17H19F3N4O/c1-2-25-16-6-4-3-5-14(16)17(19,20)8-7-15(18)13(9-21)10-24-12-22-11-23-24/h3-6,11-13,15H,2,7-8,10H2,1H3. The molecule has 1 aromatic heterocycles. The maximum atomic E-state index is 14.5. The van der Waals surface area contributed by atoms with E-state index < -0.39 is 30.9 Å². The summed E-state index contributed by atoms with van der Waals surface area (Å²) in [5, 5.41) is 12.9. The van der Waals surface area contributed by atoms with Crippen molar-refractivity contribution >= 4 is 0 Å². The molecule has 0 aliphatic rings. The van der Waals surface area contributed by atoms with Crippen molar-refractivity contribution in [2.45, 2.75) is 38.4 Å². The minimum absolute atomic E-state index is 0.0290. The number of para-hydroxylation sites is 1. The zero-order valence-corrected chi connectivity index (χ0v) is 13.8. The molecule has 2 unspecified atom stereocenters. The van der Waals surface area contributed by atoms with E-state index in [0.717, 1.165) is 0 Å². The van der Waals surface area contributed by atoms with Crippen molar-refractivity contribution in [3.8, 4) is 11.8 Å². The first-order valence-electron chi connectivity index (χ1n) is 7.94. The molecule has 0 radical (unpaired) electrons. The third kappa shape index (κ3) is 4.95. The van der Waals surface area contributed by atoms with Crippen LogP contribution in [0.3, 0.4) is 0 Å². The van der Waals surface area contributed by atoms with E-state index in [1.165, 1.54) is 35.5 Å². The number of ether oxygens (including phenoxy) is 1. The van der Waals surface area contributed by atoms with E-state index in [4.69, 9.17) is 10.00 Å². The highest BCUT2D eigenvalue weighted by molar-refractivity contribution is 5.36. The van der Waals surface area contributed by atoms with E-state index in [9.17, 15) is 13.2 Å². The van der Waals surface area contributed by atoms with E-state index in [-0.39, 0.29) is 24.5 Å². The van der Waals surface area contributed by atoms with Crippen molar-refractivity contribution in [3.05, 3.63) is 42.5 Å². The van der Waals surface area contributed by atoms with Gasteiger partial charge in [0.1, 0.15) is 24.6 Å². The lowest BCUT2D eigenvalue weighted by molar-refractivity contribution is -0.0251. The lowest BCUT2D eigenvalue weighted by atomic mass is 9.96. The van der Waals surface area contributed by atoms with Crippen LogP contribution in [0.15, 0.2) is 36.9 Å². The summed E-state index contributed by atoms with van der Waals surface area (Å²) in [6.07, 6.45) is -0.238. The first-order chi connectivity index (χ1) is 12.0. The quantitative estimate of drug-likeness (QED) is 0.690. The van der Waals surface area contributed by atoms with Gasteiger partial charge in [0.05, 0.1) is 30.7 Å². The van der Waals surface area contributed by atoms with Crippen molar-refractivity contribution in [2.75, 3.05) is 6.61 Å². The Balaban J connectivity index is 2.02. The maximum Gasteiger partial charge on any atom is 0.276 e. The van der Waals surface area contributed by atoms with Gasteiger partial charge in [0.25, 0.3) is 5.92 Å². The van der Waals surface area contributed by atoms with Gasteiger partial charge >= 0.3 is 0 Å². The molecule has 2 atom stereocenters. The summed E-state index contributed by atoms with van der Waals surface area (Å²) in [6.45, 7) is 1.93. The lowest BCUT2D eigenvalue weighted by Crippen LogP contribution is -2.24. The molecular formula is C17H19F3N4O. The molecule has 0 bridgehead atoms. The van der Waals surface area contributed by atoms with Crippen LogP contribution < -0.4 is 4.74 Å². The minimum Gasteiger partial charge on any atom is -0.493 e. The zero-order valence-electron chi connectivity index (χ0n) is 13.8. The fraction of sp³-hybridized carbons (Fsp3) is 0.471. The molecule has 25 heavy (non-hydrogen) atoms. The summed E-state index contributed by atoms with van der Waals surface area (Å²) in [5.41, 5.74) is -0.270. The van der Waals surface area contributed by atoms with Crippen LogP contribution in [-0.4, -0.2) is 27.5 Å². The summed E-state index contributed by atoms with van der Waals surface area (Å²) in [5.74, 6) is -4.23. The Labute approximate surface area is 144 Å². The molecule has 0 saturated carbocycles. The molecule has 8 heteroatoms. The Morgan fingerprint density at radius 3 is 2.76 bits per heavy atom. The van der Waals surface area contributed by atoms with Crippen LogP contribution in [0.5, 0.6) is 5.75 Å². The number of alkyl halides is 3. The average molecular weight is 352 g/mol. The van der Waals surface area contributed by atoms with Gasteiger partial charge in [0.2, 0.25) is 0 Å². The number of aromatic nitrogens is 3. The van der Waals surface area contributed by atoms with E-state index in [1.54, 1.807) is 13.0 Å². The van der Waals surface area contributed by atoms with Gasteiger partial charge in [0, 0.05) is 6.42 Å². The molecule has 0 fully saturated rings. The summed E-state index contributed by atoms with van der Waals surface area (Å²) in [6, 6.07) is 7.64. The molecule has 0 saturated heterocycles. The number of nitrogens with zero attached hydrogens (tertiary/aromatic N) is 4. The minimum atomic E-state index is -3.25. The molecule has 1 aromatic carbocycles. The molecule has 0 aliphatic carbocycles. The second-order valence-electron chi connectivity index (χ2n) is 5.54. The maximum absolute atomic E-state index is 14.5. The Morgan fingerprint density at radius 1 is 1.36 bits per heavy atom. The highest BCUT2D eigenvalue weighted by atomic mass is 19.3. The third-order valence-corrected chi connectivity index (χ3v) is 3.77. The van der Waals surface area contributed by atoms with Crippen LogP contribution in [0, 0.1) is 17.2 Å². The molecule has 5 nitrogen and oxygen atoms in total. The largest absolute Gasteiger partial charge is 0.493 e. The van der Waals surface area contributed by atoms with Crippen molar-refractivity contribution in [2.24, 2.45) is 5.92 Å². The summed E-state index contributed by atoms with van der Waals surface area (Å²) in [4.78, 5) is 3.71. The van der Waals surface area contributed by atoms with E-state index in [2.05, 4.69) is 10.1 Å². The normalized spacial score (nSPS) is 13.9. The Bertz CT molecular complexity index is 700. The molecule has 0 spiro atoms. The molecule has 2 rings (SSSR count). The molecule has 0 amide bonds. The van der Waals surface area contributed by atoms with Gasteiger partial charge in [-0.15, -0.1) is 0 Å². The van der Waals surface area contributed by atoms with Crippen molar-refractivity contribution < 1.29 is 17.9 Å². The number of rotatable bonds is 9. The van der Waals surface area contributed by atoms with Gasteiger partial charge in [-0.05, 0) is 25.5 Å². The van der Waals surface area contributed by atoms with Crippen LogP contribution >= 0.6 is 0 Å². The van der Waals surface area contributed by atoms with Gasteiger partial charge in [-0.2, -0.15) is 10.4 Å². The zero-order chi connectivity index (χ0) is 18.3. The average Bonchev–Trinajstić information content (AvgIpc) is 3.11. The van der Waals surface area contributed by atoms with E-state index in [1.807, 2.05) is 6.07 Å². The molecule has 0 aliphatic heterocycles. The summed E-state index contributed by atoms with van der Waals surface area (Å²) >= 11 is 0. The Hall–Kier alpha value is -2.56. The Morgan fingerprint density at radius 2 is 2.12 bits per heavy atom. The fourth-order valence-electron chi connectivity index (χ4n) is 2.47. The number of halogens is 3. The van der Waals surface area contributed by atoms with Crippen molar-refractivity contribution in [3.63, 3.8) is 0 Å². The topological polar surface area (TPSA) is 63.7 Å². The molecule has 0 N–H and O–H groups in total. The summed E-state index contributed by atoms with van der Waals surface area (Å²) < 4.78 is 49.8. The highest BCUT2D eigenvalue weighted by Crippen LogP contribution is 2.39. The highest BCUT2D eigenvalue weighted by Gasteiger charge is 2.36. The first kappa shape index (κ1) is 18.8. The van der Waals surface area contributed by atoms with Gasteiger partial charge in [-0.1, -0.05) is 12.1 Å². The number of hydrogen-bond acceptors (Lipinski definition) is 4. The van der Waals surface area contributed by atoms with Crippen LogP contribution in [0.2, 0.25) is 0 Å². The molecule has 134 valence electrons.